The quantitative estimate of drug-likeness (QED) is 0.592. The van der Waals surface area contributed by atoms with Gasteiger partial charge in [0.2, 0.25) is 0 Å². The van der Waals surface area contributed by atoms with E-state index >= 15 is 0 Å². The first-order valence-corrected chi connectivity index (χ1v) is 7.76. The van der Waals surface area contributed by atoms with E-state index in [0.29, 0.717) is 4.47 Å². The van der Waals surface area contributed by atoms with Crippen LogP contribution in [0.25, 0.3) is 10.1 Å². The summed E-state index contributed by atoms with van der Waals surface area (Å²) in [7, 11) is 0. The lowest BCUT2D eigenvalue weighted by molar-refractivity contribution is 0.0995. The van der Waals surface area contributed by atoms with Crippen molar-refractivity contribution in [3.63, 3.8) is 0 Å². The summed E-state index contributed by atoms with van der Waals surface area (Å²) in [4.78, 5) is 12.4. The molecule has 0 saturated carbocycles. The number of benzene rings is 2. The summed E-state index contributed by atoms with van der Waals surface area (Å²) in [6, 6.07) is 12.5. The molecule has 0 aliphatic rings. The first kappa shape index (κ1) is 13.5. The first-order chi connectivity index (χ1) is 9.65. The van der Waals surface area contributed by atoms with Gasteiger partial charge in [0, 0.05) is 27.5 Å². The van der Waals surface area contributed by atoms with Crippen molar-refractivity contribution in [1.29, 1.82) is 0 Å². The normalized spacial score (nSPS) is 10.9. The Kier molecular flexibility index (Phi) is 3.68. The molecule has 3 rings (SSSR count). The highest BCUT2D eigenvalue weighted by atomic mass is 79.9. The number of rotatable bonds is 3. The summed E-state index contributed by atoms with van der Waals surface area (Å²) in [6.07, 6.45) is 0.277. The Morgan fingerprint density at radius 2 is 2.00 bits per heavy atom. The molecule has 0 aliphatic carbocycles. The van der Waals surface area contributed by atoms with Gasteiger partial charge in [0.15, 0.2) is 5.78 Å². The third-order valence-electron chi connectivity index (χ3n) is 3.13. The Morgan fingerprint density at radius 3 is 2.80 bits per heavy atom. The fourth-order valence-electron chi connectivity index (χ4n) is 2.12. The standard InChI is InChI=1S/C16H10BrFOS/c17-13-7-10(5-6-14(13)18)8-15(19)12-9-20-16-4-2-1-3-11(12)16/h1-7,9H,8H2. The van der Waals surface area contributed by atoms with E-state index in [9.17, 15) is 9.18 Å². The van der Waals surface area contributed by atoms with E-state index in [1.807, 2.05) is 29.6 Å². The maximum atomic E-state index is 13.2. The number of hydrogen-bond donors (Lipinski definition) is 0. The van der Waals surface area contributed by atoms with Crippen LogP contribution in [-0.4, -0.2) is 5.78 Å². The predicted molar refractivity (Wildman–Crippen MR) is 84.0 cm³/mol. The lowest BCUT2D eigenvalue weighted by Gasteiger charge is -2.02. The van der Waals surface area contributed by atoms with Gasteiger partial charge in [-0.2, -0.15) is 0 Å². The minimum Gasteiger partial charge on any atom is -0.294 e. The van der Waals surface area contributed by atoms with Gasteiger partial charge >= 0.3 is 0 Å². The molecule has 0 atom stereocenters. The van der Waals surface area contributed by atoms with Gasteiger partial charge in [-0.05, 0) is 39.7 Å². The van der Waals surface area contributed by atoms with Gasteiger partial charge in [-0.25, -0.2) is 4.39 Å². The molecule has 100 valence electrons. The van der Waals surface area contributed by atoms with Crippen LogP contribution in [0.4, 0.5) is 4.39 Å². The van der Waals surface area contributed by atoms with Crippen molar-refractivity contribution < 1.29 is 9.18 Å². The SMILES string of the molecule is O=C(Cc1ccc(F)c(Br)c1)c1csc2ccccc12. The minimum absolute atomic E-state index is 0.0564. The zero-order valence-electron chi connectivity index (χ0n) is 10.4. The summed E-state index contributed by atoms with van der Waals surface area (Å²) in [5.41, 5.74) is 1.55. The predicted octanol–water partition coefficient (Wildman–Crippen LogP) is 5.23. The van der Waals surface area contributed by atoms with Gasteiger partial charge in [-0.15, -0.1) is 11.3 Å². The van der Waals surface area contributed by atoms with Crippen molar-refractivity contribution in [3.8, 4) is 0 Å². The number of hydrogen-bond acceptors (Lipinski definition) is 2. The third-order valence-corrected chi connectivity index (χ3v) is 4.70. The van der Waals surface area contributed by atoms with Gasteiger partial charge in [-0.1, -0.05) is 24.3 Å². The lowest BCUT2D eigenvalue weighted by atomic mass is 10.0. The molecule has 20 heavy (non-hydrogen) atoms. The second-order valence-corrected chi connectivity index (χ2v) is 6.26. The average molecular weight is 349 g/mol. The number of halogens is 2. The molecule has 2 aromatic carbocycles. The molecule has 3 aromatic rings. The van der Waals surface area contributed by atoms with E-state index in [-0.39, 0.29) is 18.0 Å². The van der Waals surface area contributed by atoms with Crippen LogP contribution in [0.1, 0.15) is 15.9 Å². The molecule has 0 unspecified atom stereocenters. The first-order valence-electron chi connectivity index (χ1n) is 6.08. The van der Waals surface area contributed by atoms with E-state index < -0.39 is 0 Å². The number of fused-ring (bicyclic) bond motifs is 1. The van der Waals surface area contributed by atoms with Crippen LogP contribution in [0, 0.1) is 5.82 Å². The second kappa shape index (κ2) is 5.46. The van der Waals surface area contributed by atoms with Crippen LogP contribution in [0.15, 0.2) is 52.3 Å². The monoisotopic (exact) mass is 348 g/mol. The molecule has 0 radical (unpaired) electrons. The highest BCUT2D eigenvalue weighted by Crippen LogP contribution is 2.27. The molecular formula is C16H10BrFOS. The third kappa shape index (κ3) is 2.53. The summed E-state index contributed by atoms with van der Waals surface area (Å²) in [5, 5.41) is 2.88. The number of Topliss-reactive ketones (excluding diaryl/α,β-unsaturated/α-hetero) is 1. The van der Waals surface area contributed by atoms with Gasteiger partial charge < -0.3 is 0 Å². The van der Waals surface area contributed by atoms with Crippen LogP contribution in [0.2, 0.25) is 0 Å². The van der Waals surface area contributed by atoms with Crippen molar-refractivity contribution in [2.24, 2.45) is 0 Å². The van der Waals surface area contributed by atoms with Crippen molar-refractivity contribution >= 4 is 43.1 Å². The fourth-order valence-corrected chi connectivity index (χ4v) is 3.52. The maximum absolute atomic E-state index is 13.2. The van der Waals surface area contributed by atoms with E-state index in [2.05, 4.69) is 15.9 Å². The van der Waals surface area contributed by atoms with E-state index in [0.717, 1.165) is 21.2 Å². The fraction of sp³-hybridized carbons (Fsp3) is 0.0625. The zero-order valence-corrected chi connectivity index (χ0v) is 12.8. The molecule has 0 bridgehead atoms. The van der Waals surface area contributed by atoms with Crippen LogP contribution >= 0.6 is 27.3 Å². The Bertz CT molecular complexity index is 794. The van der Waals surface area contributed by atoms with Gasteiger partial charge in [-0.3, -0.25) is 4.79 Å². The molecule has 0 saturated heterocycles. The summed E-state index contributed by atoms with van der Waals surface area (Å²) in [6.45, 7) is 0. The van der Waals surface area contributed by atoms with Gasteiger partial charge in [0.25, 0.3) is 0 Å². The summed E-state index contributed by atoms with van der Waals surface area (Å²) < 4.78 is 14.7. The molecule has 0 fully saturated rings. The number of ketones is 1. The van der Waals surface area contributed by atoms with Crippen molar-refractivity contribution in [1.82, 2.24) is 0 Å². The van der Waals surface area contributed by atoms with E-state index in [1.165, 1.54) is 6.07 Å². The largest absolute Gasteiger partial charge is 0.294 e. The maximum Gasteiger partial charge on any atom is 0.168 e. The van der Waals surface area contributed by atoms with Crippen LogP contribution in [0.5, 0.6) is 0 Å². The number of carbonyl (C=O) groups is 1. The van der Waals surface area contributed by atoms with Crippen LogP contribution in [-0.2, 0) is 6.42 Å². The van der Waals surface area contributed by atoms with Crippen LogP contribution in [0.3, 0.4) is 0 Å². The molecule has 1 aromatic heterocycles. The van der Waals surface area contributed by atoms with Gasteiger partial charge in [0.05, 0.1) is 4.47 Å². The second-order valence-electron chi connectivity index (χ2n) is 4.49. The molecule has 0 spiro atoms. The highest BCUT2D eigenvalue weighted by Gasteiger charge is 2.13. The molecule has 4 heteroatoms. The Morgan fingerprint density at radius 1 is 1.20 bits per heavy atom. The van der Waals surface area contributed by atoms with E-state index in [1.54, 1.807) is 23.5 Å². The van der Waals surface area contributed by atoms with Crippen molar-refractivity contribution in [3.05, 3.63) is 69.3 Å². The highest BCUT2D eigenvalue weighted by molar-refractivity contribution is 9.10. The molecular weight excluding hydrogens is 339 g/mol. The zero-order chi connectivity index (χ0) is 14.1. The van der Waals surface area contributed by atoms with Crippen molar-refractivity contribution in [2.75, 3.05) is 0 Å². The molecule has 0 N–H and O–H groups in total. The smallest absolute Gasteiger partial charge is 0.168 e. The topological polar surface area (TPSA) is 17.1 Å². The minimum atomic E-state index is -0.317. The molecule has 1 heterocycles. The Hall–Kier alpha value is -1.52. The summed E-state index contributed by atoms with van der Waals surface area (Å²) in [5.74, 6) is -0.261. The Labute approximate surface area is 128 Å². The molecule has 0 amide bonds. The number of carbonyl (C=O) groups excluding carboxylic acids is 1. The number of thiophene rings is 1. The lowest BCUT2D eigenvalue weighted by Crippen LogP contribution is -2.02. The summed E-state index contributed by atoms with van der Waals surface area (Å²) >= 11 is 4.71. The van der Waals surface area contributed by atoms with Crippen molar-refractivity contribution in [2.45, 2.75) is 6.42 Å². The van der Waals surface area contributed by atoms with E-state index in [4.69, 9.17) is 0 Å². The van der Waals surface area contributed by atoms with Crippen LogP contribution < -0.4 is 0 Å². The Balaban J connectivity index is 1.91. The molecule has 1 nitrogen and oxygen atoms in total. The molecule has 0 aliphatic heterocycles. The van der Waals surface area contributed by atoms with Gasteiger partial charge in [0.1, 0.15) is 5.82 Å². The average Bonchev–Trinajstić information content (AvgIpc) is 2.87.